The van der Waals surface area contributed by atoms with Gasteiger partial charge in [-0.1, -0.05) is 26.3 Å². The van der Waals surface area contributed by atoms with E-state index < -0.39 is 0 Å². The Kier molecular flexibility index (Phi) is 4.89. The zero-order chi connectivity index (χ0) is 16.9. The Labute approximate surface area is 141 Å². The molecule has 0 spiro atoms. The molecule has 5 nitrogen and oxygen atoms in total. The van der Waals surface area contributed by atoms with E-state index in [1.165, 1.54) is 0 Å². The van der Waals surface area contributed by atoms with E-state index in [1.54, 1.807) is 17.0 Å². The zero-order valence-electron chi connectivity index (χ0n) is 14.0. The molecule has 5 heteroatoms. The first-order valence-corrected chi connectivity index (χ1v) is 8.35. The van der Waals surface area contributed by atoms with Crippen LogP contribution < -0.4 is 5.76 Å². The molecule has 3 rings (SSSR count). The molecule has 3 aromatic heterocycles. The van der Waals surface area contributed by atoms with Crippen LogP contribution in [0.1, 0.15) is 32.4 Å². The molecule has 0 atom stereocenters. The summed E-state index contributed by atoms with van der Waals surface area (Å²) in [6, 6.07) is 9.62. The summed E-state index contributed by atoms with van der Waals surface area (Å²) in [5.74, 6) is 0.272. The van der Waals surface area contributed by atoms with Gasteiger partial charge in [-0.3, -0.25) is 14.5 Å². The van der Waals surface area contributed by atoms with Crippen LogP contribution in [0.4, 0.5) is 0 Å². The molecule has 3 aromatic rings. The molecule has 0 fully saturated rings. The fourth-order valence-corrected chi connectivity index (χ4v) is 2.82. The normalized spacial score (nSPS) is 10.9. The van der Waals surface area contributed by atoms with Crippen LogP contribution in [0, 0.1) is 0 Å². The standard InChI is InChI=1S/C19H21N3O2/c1-3-7-17-18(24-19(23)22(17)12-4-2)16-13-14(9-11-21-16)15-8-5-6-10-20-15/h5-6,8-11,13H,3-4,7,12H2,1-2H3. The molecule has 0 unspecified atom stereocenters. The molecule has 0 aromatic carbocycles. The maximum atomic E-state index is 12.2. The summed E-state index contributed by atoms with van der Waals surface area (Å²) in [5, 5.41) is 0. The molecule has 0 aliphatic rings. The van der Waals surface area contributed by atoms with Gasteiger partial charge in [0.1, 0.15) is 5.69 Å². The second kappa shape index (κ2) is 7.25. The Morgan fingerprint density at radius 2 is 1.88 bits per heavy atom. The lowest BCUT2D eigenvalue weighted by molar-refractivity contribution is 0.482. The van der Waals surface area contributed by atoms with Gasteiger partial charge in [0.2, 0.25) is 0 Å². The molecule has 0 aliphatic carbocycles. The van der Waals surface area contributed by atoms with Crippen LogP contribution in [0.2, 0.25) is 0 Å². The Balaban J connectivity index is 2.09. The first-order chi connectivity index (χ1) is 11.7. The summed E-state index contributed by atoms with van der Waals surface area (Å²) in [6.07, 6.45) is 6.10. The van der Waals surface area contributed by atoms with Crippen molar-refractivity contribution in [1.82, 2.24) is 14.5 Å². The third-order valence-electron chi connectivity index (χ3n) is 3.88. The van der Waals surface area contributed by atoms with Gasteiger partial charge in [-0.25, -0.2) is 4.79 Å². The van der Waals surface area contributed by atoms with Crippen molar-refractivity contribution in [2.45, 2.75) is 39.7 Å². The van der Waals surface area contributed by atoms with Crippen molar-refractivity contribution in [3.63, 3.8) is 0 Å². The van der Waals surface area contributed by atoms with Gasteiger partial charge in [-0.2, -0.15) is 0 Å². The van der Waals surface area contributed by atoms with E-state index in [4.69, 9.17) is 4.42 Å². The predicted molar refractivity (Wildman–Crippen MR) is 93.7 cm³/mol. The van der Waals surface area contributed by atoms with E-state index in [-0.39, 0.29) is 5.76 Å². The van der Waals surface area contributed by atoms with E-state index in [0.717, 1.165) is 36.2 Å². The maximum Gasteiger partial charge on any atom is 0.419 e. The van der Waals surface area contributed by atoms with Gasteiger partial charge < -0.3 is 4.42 Å². The highest BCUT2D eigenvalue weighted by Gasteiger charge is 2.18. The molecule has 0 aliphatic heterocycles. The van der Waals surface area contributed by atoms with Crippen molar-refractivity contribution in [1.29, 1.82) is 0 Å². The minimum absolute atomic E-state index is 0.305. The number of hydrogen-bond acceptors (Lipinski definition) is 4. The van der Waals surface area contributed by atoms with Crippen molar-refractivity contribution in [2.75, 3.05) is 0 Å². The molecule has 0 amide bonds. The molecule has 124 valence electrons. The Morgan fingerprint density at radius 1 is 1.04 bits per heavy atom. The topological polar surface area (TPSA) is 60.9 Å². The second-order valence-corrected chi connectivity index (χ2v) is 5.69. The van der Waals surface area contributed by atoms with Crippen LogP contribution >= 0.6 is 0 Å². The Hall–Kier alpha value is -2.69. The van der Waals surface area contributed by atoms with Crippen LogP contribution in [0.25, 0.3) is 22.7 Å². The van der Waals surface area contributed by atoms with Crippen molar-refractivity contribution in [3.8, 4) is 22.7 Å². The predicted octanol–water partition coefficient (Wildman–Crippen LogP) is 3.93. The monoisotopic (exact) mass is 323 g/mol. The summed E-state index contributed by atoms with van der Waals surface area (Å²) >= 11 is 0. The van der Waals surface area contributed by atoms with Gasteiger partial charge in [-0.05, 0) is 37.1 Å². The molecule has 0 saturated heterocycles. The third kappa shape index (κ3) is 3.15. The summed E-state index contributed by atoms with van der Waals surface area (Å²) in [6.45, 7) is 4.81. The van der Waals surface area contributed by atoms with E-state index in [1.807, 2.05) is 30.3 Å². The van der Waals surface area contributed by atoms with Crippen LogP contribution in [0.15, 0.2) is 51.9 Å². The Bertz CT molecular complexity index is 866. The van der Waals surface area contributed by atoms with Crippen molar-refractivity contribution >= 4 is 0 Å². The summed E-state index contributed by atoms with van der Waals surface area (Å²) in [7, 11) is 0. The third-order valence-corrected chi connectivity index (χ3v) is 3.88. The molecule has 0 radical (unpaired) electrons. The zero-order valence-corrected chi connectivity index (χ0v) is 14.0. The highest BCUT2D eigenvalue weighted by atomic mass is 16.4. The summed E-state index contributed by atoms with van der Waals surface area (Å²) in [5.41, 5.74) is 3.42. The van der Waals surface area contributed by atoms with Crippen LogP contribution in [0.3, 0.4) is 0 Å². The molecule has 0 saturated carbocycles. The fourth-order valence-electron chi connectivity index (χ4n) is 2.82. The van der Waals surface area contributed by atoms with Crippen molar-refractivity contribution < 1.29 is 4.42 Å². The smallest absolute Gasteiger partial charge is 0.406 e. The molecule has 24 heavy (non-hydrogen) atoms. The largest absolute Gasteiger partial charge is 0.419 e. The van der Waals surface area contributed by atoms with Gasteiger partial charge in [0, 0.05) is 24.5 Å². The second-order valence-electron chi connectivity index (χ2n) is 5.69. The minimum Gasteiger partial charge on any atom is -0.406 e. The van der Waals surface area contributed by atoms with E-state index in [2.05, 4.69) is 23.8 Å². The van der Waals surface area contributed by atoms with Gasteiger partial charge in [0.15, 0.2) is 5.76 Å². The highest BCUT2D eigenvalue weighted by Crippen LogP contribution is 2.26. The van der Waals surface area contributed by atoms with Gasteiger partial charge in [-0.15, -0.1) is 0 Å². The molecular formula is C19H21N3O2. The lowest BCUT2D eigenvalue weighted by Crippen LogP contribution is -2.16. The number of aromatic nitrogens is 3. The molecule has 3 heterocycles. The average molecular weight is 323 g/mol. The number of hydrogen-bond donors (Lipinski definition) is 0. The van der Waals surface area contributed by atoms with E-state index >= 15 is 0 Å². The first kappa shape index (κ1) is 16.2. The Morgan fingerprint density at radius 3 is 2.58 bits per heavy atom. The van der Waals surface area contributed by atoms with Gasteiger partial charge in [0.25, 0.3) is 0 Å². The number of rotatable bonds is 6. The quantitative estimate of drug-likeness (QED) is 0.689. The van der Waals surface area contributed by atoms with Gasteiger partial charge >= 0.3 is 5.76 Å². The van der Waals surface area contributed by atoms with E-state index in [9.17, 15) is 4.79 Å². The van der Waals surface area contributed by atoms with Crippen LogP contribution in [-0.4, -0.2) is 14.5 Å². The first-order valence-electron chi connectivity index (χ1n) is 8.35. The minimum atomic E-state index is -0.305. The lowest BCUT2D eigenvalue weighted by Gasteiger charge is -2.06. The maximum absolute atomic E-state index is 12.2. The van der Waals surface area contributed by atoms with Crippen molar-refractivity contribution in [2.24, 2.45) is 0 Å². The number of pyridine rings is 2. The number of oxazole rings is 1. The lowest BCUT2D eigenvalue weighted by atomic mass is 10.1. The van der Waals surface area contributed by atoms with E-state index in [0.29, 0.717) is 18.0 Å². The molecule has 0 N–H and O–H groups in total. The summed E-state index contributed by atoms with van der Waals surface area (Å²) < 4.78 is 7.28. The molecule has 0 bridgehead atoms. The number of nitrogens with zero attached hydrogens (tertiary/aromatic N) is 3. The highest BCUT2D eigenvalue weighted by molar-refractivity contribution is 5.66. The van der Waals surface area contributed by atoms with Crippen LogP contribution in [0.5, 0.6) is 0 Å². The molecular weight excluding hydrogens is 302 g/mol. The summed E-state index contributed by atoms with van der Waals surface area (Å²) in [4.78, 5) is 21.0. The SMILES string of the molecule is CCCc1c(-c2cc(-c3ccccn3)ccn2)oc(=O)n1CCC. The van der Waals surface area contributed by atoms with Crippen molar-refractivity contribution in [3.05, 3.63) is 59.0 Å². The van der Waals surface area contributed by atoms with Crippen LogP contribution in [-0.2, 0) is 13.0 Å². The van der Waals surface area contributed by atoms with Gasteiger partial charge in [0.05, 0.1) is 11.4 Å². The fraction of sp³-hybridized carbons (Fsp3) is 0.316. The average Bonchev–Trinajstić information content (AvgIpc) is 2.93.